The van der Waals surface area contributed by atoms with Crippen LogP contribution in [0.2, 0.25) is 0 Å². The maximum absolute atomic E-state index is 10.6. The van der Waals surface area contributed by atoms with Crippen LogP contribution >= 0.6 is 0 Å². The van der Waals surface area contributed by atoms with Gasteiger partial charge in [-0.2, -0.15) is 0 Å². The van der Waals surface area contributed by atoms with Crippen molar-refractivity contribution in [3.63, 3.8) is 0 Å². The van der Waals surface area contributed by atoms with Gasteiger partial charge in [-0.1, -0.05) is 53.6 Å². The summed E-state index contributed by atoms with van der Waals surface area (Å²) in [7, 11) is 0. The van der Waals surface area contributed by atoms with Gasteiger partial charge in [0.25, 0.3) is 0 Å². The van der Waals surface area contributed by atoms with Crippen LogP contribution in [-0.4, -0.2) is 33.5 Å². The average molecular weight is 384 g/mol. The number of allylic oxidation sites excluding steroid dienone is 2. The van der Waals surface area contributed by atoms with E-state index in [0.717, 1.165) is 37.7 Å². The Morgan fingerprint density at radius 3 is 2.89 bits per heavy atom. The first kappa shape index (κ1) is 20.8. The van der Waals surface area contributed by atoms with Gasteiger partial charge in [-0.3, -0.25) is 4.79 Å². The fourth-order valence-electron chi connectivity index (χ4n) is 4.82. The fourth-order valence-corrected chi connectivity index (χ4v) is 4.82. The summed E-state index contributed by atoms with van der Waals surface area (Å²) in [6.07, 6.45) is 10.5. The SMILES string of the molecule is [11CH3]c1cccc(C[C@@H](O)/C=C/[C@@H]2[C@H]3CC(CCCCC(=O)O)=C[C@H]3C[C@H]2O)c1. The summed E-state index contributed by atoms with van der Waals surface area (Å²) in [4.78, 5) is 10.6. The summed E-state index contributed by atoms with van der Waals surface area (Å²) in [6, 6.07) is 8.18. The fraction of sp³-hybridized carbons (Fsp3) is 0.542. The monoisotopic (exact) mass is 383 g/mol. The lowest BCUT2D eigenvalue weighted by Crippen LogP contribution is -2.18. The molecule has 4 heteroatoms. The number of benzene rings is 1. The molecule has 2 aliphatic rings. The largest absolute Gasteiger partial charge is 0.481 e. The Bertz CT molecular complexity index is 736. The molecular formula is C24H32O4. The van der Waals surface area contributed by atoms with Crippen molar-refractivity contribution in [1.29, 1.82) is 0 Å². The number of aliphatic hydroxyl groups excluding tert-OH is 2. The van der Waals surface area contributed by atoms with Gasteiger partial charge in [-0.25, -0.2) is 0 Å². The second-order valence-electron chi connectivity index (χ2n) is 8.48. The number of carboxylic acid groups (broad SMARTS) is 1. The van der Waals surface area contributed by atoms with Crippen LogP contribution in [0.4, 0.5) is 0 Å². The van der Waals surface area contributed by atoms with Gasteiger partial charge in [0.15, 0.2) is 0 Å². The predicted molar refractivity (Wildman–Crippen MR) is 110 cm³/mol. The van der Waals surface area contributed by atoms with Gasteiger partial charge in [0.1, 0.15) is 0 Å². The highest BCUT2D eigenvalue weighted by molar-refractivity contribution is 5.66. The molecule has 0 heterocycles. The highest BCUT2D eigenvalue weighted by Gasteiger charge is 2.43. The minimum Gasteiger partial charge on any atom is -0.481 e. The van der Waals surface area contributed by atoms with E-state index in [0.29, 0.717) is 18.3 Å². The van der Waals surface area contributed by atoms with Gasteiger partial charge in [0.05, 0.1) is 12.2 Å². The van der Waals surface area contributed by atoms with Crippen molar-refractivity contribution < 1.29 is 20.1 Å². The molecule has 0 unspecified atom stereocenters. The highest BCUT2D eigenvalue weighted by atomic mass is 16.4. The summed E-state index contributed by atoms with van der Waals surface area (Å²) in [5, 5.41) is 29.6. The summed E-state index contributed by atoms with van der Waals surface area (Å²) < 4.78 is 0. The molecular weight excluding hydrogens is 351 g/mol. The van der Waals surface area contributed by atoms with Crippen molar-refractivity contribution >= 4 is 5.97 Å². The smallest absolute Gasteiger partial charge is 0.303 e. The number of aliphatic hydroxyl groups is 2. The standard InChI is InChI=1S/C24H32O4/c1-16-5-4-7-17(11-16)13-20(25)9-10-21-22-14-18(6-2-3-8-24(27)28)12-19(22)15-23(21)26/h4-5,7,9-12,19-23,25-26H,2-3,6,8,13-15H2,1H3,(H,27,28)/b10-9+/t19-,20-,21+,22-,23+/m0/s1/i1-1. The van der Waals surface area contributed by atoms with Crippen LogP contribution in [0.5, 0.6) is 0 Å². The third kappa shape index (κ3) is 5.55. The maximum Gasteiger partial charge on any atom is 0.303 e. The van der Waals surface area contributed by atoms with Crippen molar-refractivity contribution in [2.24, 2.45) is 17.8 Å². The number of rotatable bonds is 9. The molecule has 3 rings (SSSR count). The van der Waals surface area contributed by atoms with E-state index >= 15 is 0 Å². The lowest BCUT2D eigenvalue weighted by Gasteiger charge is -2.19. The number of unbranched alkanes of at least 4 members (excludes halogenated alkanes) is 1. The molecule has 0 saturated heterocycles. The molecule has 4 nitrogen and oxygen atoms in total. The van der Waals surface area contributed by atoms with Gasteiger partial charge in [-0.15, -0.1) is 0 Å². The van der Waals surface area contributed by atoms with Crippen LogP contribution in [0, 0.1) is 24.7 Å². The van der Waals surface area contributed by atoms with Crippen molar-refractivity contribution in [2.75, 3.05) is 0 Å². The van der Waals surface area contributed by atoms with E-state index in [1.165, 1.54) is 11.1 Å². The Kier molecular flexibility index (Phi) is 7.08. The Balaban J connectivity index is 1.51. The molecule has 28 heavy (non-hydrogen) atoms. The molecule has 0 spiro atoms. The van der Waals surface area contributed by atoms with Crippen molar-refractivity contribution in [1.82, 2.24) is 0 Å². The molecule has 5 atom stereocenters. The molecule has 0 bridgehead atoms. The normalized spacial score (nSPS) is 27.8. The highest BCUT2D eigenvalue weighted by Crippen LogP contribution is 2.48. The minimum absolute atomic E-state index is 0.0879. The molecule has 0 aromatic heterocycles. The number of hydrogen-bond acceptors (Lipinski definition) is 3. The number of aliphatic carboxylic acids is 1. The van der Waals surface area contributed by atoms with Crippen molar-refractivity contribution in [3.8, 4) is 0 Å². The van der Waals surface area contributed by atoms with Crippen LogP contribution in [0.3, 0.4) is 0 Å². The zero-order valence-corrected chi connectivity index (χ0v) is 16.6. The van der Waals surface area contributed by atoms with Gasteiger partial charge < -0.3 is 15.3 Å². The third-order valence-corrected chi connectivity index (χ3v) is 6.17. The maximum atomic E-state index is 10.6. The van der Waals surface area contributed by atoms with E-state index < -0.39 is 12.1 Å². The topological polar surface area (TPSA) is 77.8 Å². The van der Waals surface area contributed by atoms with Crippen molar-refractivity contribution in [2.45, 2.75) is 64.1 Å². The Morgan fingerprint density at radius 2 is 2.14 bits per heavy atom. The van der Waals surface area contributed by atoms with E-state index in [2.05, 4.69) is 12.1 Å². The lowest BCUT2D eigenvalue weighted by atomic mass is 9.88. The summed E-state index contributed by atoms with van der Waals surface area (Å²) in [5.41, 5.74) is 3.72. The first-order valence-corrected chi connectivity index (χ1v) is 10.4. The van der Waals surface area contributed by atoms with E-state index in [1.807, 2.05) is 37.3 Å². The van der Waals surface area contributed by atoms with Crippen molar-refractivity contribution in [3.05, 3.63) is 59.2 Å². The van der Waals surface area contributed by atoms with E-state index in [4.69, 9.17) is 5.11 Å². The molecule has 0 aliphatic heterocycles. The molecule has 1 aromatic rings. The molecule has 1 aromatic carbocycles. The first-order chi connectivity index (χ1) is 13.4. The van der Waals surface area contributed by atoms with Crippen LogP contribution in [0.25, 0.3) is 0 Å². The summed E-state index contributed by atoms with van der Waals surface area (Å²) in [6.45, 7) is 2.05. The number of aryl methyl sites for hydroxylation is 1. The van der Waals surface area contributed by atoms with E-state index in [1.54, 1.807) is 0 Å². The molecule has 0 amide bonds. The van der Waals surface area contributed by atoms with Gasteiger partial charge in [-0.05, 0) is 56.4 Å². The van der Waals surface area contributed by atoms with Crippen LogP contribution in [0.1, 0.15) is 49.7 Å². The Hall–Kier alpha value is -1.91. The second kappa shape index (κ2) is 9.53. The summed E-state index contributed by atoms with van der Waals surface area (Å²) >= 11 is 0. The van der Waals surface area contributed by atoms with Crippen LogP contribution in [-0.2, 0) is 11.2 Å². The number of carbonyl (C=O) groups is 1. The third-order valence-electron chi connectivity index (χ3n) is 6.17. The molecule has 1 fully saturated rings. The second-order valence-corrected chi connectivity index (χ2v) is 8.48. The molecule has 0 radical (unpaired) electrons. The lowest BCUT2D eigenvalue weighted by molar-refractivity contribution is -0.137. The van der Waals surface area contributed by atoms with Gasteiger partial charge in [0.2, 0.25) is 0 Å². The Labute approximate surface area is 167 Å². The predicted octanol–water partition coefficient (Wildman–Crippen LogP) is 4.04. The quantitative estimate of drug-likeness (QED) is 0.444. The average Bonchev–Trinajstić information content (AvgIpc) is 3.13. The zero-order chi connectivity index (χ0) is 20.1. The van der Waals surface area contributed by atoms with Gasteiger partial charge in [0, 0.05) is 18.8 Å². The zero-order valence-electron chi connectivity index (χ0n) is 16.6. The van der Waals surface area contributed by atoms with Gasteiger partial charge >= 0.3 is 5.97 Å². The number of carboxylic acids is 1. The van der Waals surface area contributed by atoms with E-state index in [-0.39, 0.29) is 18.4 Å². The van der Waals surface area contributed by atoms with E-state index in [9.17, 15) is 15.0 Å². The minimum atomic E-state index is -0.727. The first-order valence-electron chi connectivity index (χ1n) is 10.4. The molecule has 3 N–H and O–H groups in total. The summed E-state index contributed by atoms with van der Waals surface area (Å²) in [5.74, 6) is 0.180. The van der Waals surface area contributed by atoms with Crippen LogP contribution in [0.15, 0.2) is 48.1 Å². The Morgan fingerprint density at radius 1 is 1.32 bits per heavy atom. The molecule has 2 aliphatic carbocycles. The molecule has 152 valence electrons. The number of hydrogen-bond donors (Lipinski definition) is 3. The van der Waals surface area contributed by atoms with Crippen LogP contribution < -0.4 is 0 Å². The number of fused-ring (bicyclic) bond motifs is 1. The molecule has 1 saturated carbocycles.